The van der Waals surface area contributed by atoms with Crippen molar-refractivity contribution in [3.05, 3.63) is 41.6 Å². The van der Waals surface area contributed by atoms with Gasteiger partial charge in [0.1, 0.15) is 5.82 Å². The molecule has 0 aliphatic carbocycles. The maximum absolute atomic E-state index is 5.85. The molecule has 0 saturated heterocycles. The Morgan fingerprint density at radius 1 is 1.26 bits per heavy atom. The van der Waals surface area contributed by atoms with Crippen molar-refractivity contribution in [1.29, 1.82) is 0 Å². The lowest BCUT2D eigenvalue weighted by Gasteiger charge is -2.06. The SMILES string of the molecule is Clc1nc(NCCc2ccccn2)c2cn[nH]c2n1. The lowest BCUT2D eigenvalue weighted by molar-refractivity contribution is 0.954. The number of H-pyrrole nitrogens is 1. The Morgan fingerprint density at radius 2 is 2.21 bits per heavy atom. The first-order chi connectivity index (χ1) is 9.33. The van der Waals surface area contributed by atoms with Crippen LogP contribution in [0, 0.1) is 0 Å². The summed E-state index contributed by atoms with van der Waals surface area (Å²) >= 11 is 5.85. The van der Waals surface area contributed by atoms with Gasteiger partial charge >= 0.3 is 0 Å². The summed E-state index contributed by atoms with van der Waals surface area (Å²) in [7, 11) is 0. The largest absolute Gasteiger partial charge is 0.369 e. The van der Waals surface area contributed by atoms with E-state index in [2.05, 4.69) is 30.5 Å². The van der Waals surface area contributed by atoms with Crippen LogP contribution in [-0.2, 0) is 6.42 Å². The third-order valence-electron chi connectivity index (χ3n) is 2.68. The molecule has 0 radical (unpaired) electrons. The summed E-state index contributed by atoms with van der Waals surface area (Å²) in [5, 5.41) is 10.9. The molecule has 96 valence electrons. The normalized spacial score (nSPS) is 10.8. The first-order valence-corrected chi connectivity index (χ1v) is 6.21. The topological polar surface area (TPSA) is 79.4 Å². The maximum atomic E-state index is 5.85. The summed E-state index contributed by atoms with van der Waals surface area (Å²) in [4.78, 5) is 12.5. The minimum absolute atomic E-state index is 0.192. The van der Waals surface area contributed by atoms with Crippen molar-refractivity contribution < 1.29 is 0 Å². The number of aromatic nitrogens is 5. The smallest absolute Gasteiger partial charge is 0.226 e. The highest BCUT2D eigenvalue weighted by molar-refractivity contribution is 6.28. The Morgan fingerprint density at radius 3 is 3.05 bits per heavy atom. The molecule has 0 aliphatic heterocycles. The second-order valence-electron chi connectivity index (χ2n) is 3.97. The number of halogens is 1. The van der Waals surface area contributed by atoms with Crippen molar-refractivity contribution >= 4 is 28.5 Å². The molecule has 3 heterocycles. The van der Waals surface area contributed by atoms with E-state index in [1.165, 1.54) is 0 Å². The summed E-state index contributed by atoms with van der Waals surface area (Å²) in [5.41, 5.74) is 1.65. The summed E-state index contributed by atoms with van der Waals surface area (Å²) in [6.07, 6.45) is 4.27. The number of hydrogen-bond acceptors (Lipinski definition) is 5. The standard InChI is InChI=1S/C12H11ClN6/c13-12-17-10(9-7-16-19-11(9)18-12)15-6-4-8-3-1-2-5-14-8/h1-3,5,7H,4,6H2,(H2,15,16,17,18,19). The van der Waals surface area contributed by atoms with Crippen molar-refractivity contribution in [2.24, 2.45) is 0 Å². The van der Waals surface area contributed by atoms with Gasteiger partial charge < -0.3 is 5.32 Å². The lowest BCUT2D eigenvalue weighted by atomic mass is 10.2. The molecular weight excluding hydrogens is 264 g/mol. The van der Waals surface area contributed by atoms with Gasteiger partial charge in [-0.1, -0.05) is 6.07 Å². The highest BCUT2D eigenvalue weighted by atomic mass is 35.5. The van der Waals surface area contributed by atoms with E-state index in [0.717, 1.165) is 17.5 Å². The predicted octanol–water partition coefficient (Wildman–Crippen LogP) is 2.06. The molecule has 6 nitrogen and oxygen atoms in total. The molecule has 7 heteroatoms. The van der Waals surface area contributed by atoms with Crippen LogP contribution in [0.5, 0.6) is 0 Å². The molecule has 3 aromatic heterocycles. The van der Waals surface area contributed by atoms with E-state index in [9.17, 15) is 0 Å². The number of aromatic amines is 1. The second-order valence-corrected chi connectivity index (χ2v) is 4.31. The summed E-state index contributed by atoms with van der Waals surface area (Å²) in [5.74, 6) is 0.680. The van der Waals surface area contributed by atoms with E-state index in [1.54, 1.807) is 12.4 Å². The van der Waals surface area contributed by atoms with Gasteiger partial charge in [-0.25, -0.2) is 0 Å². The van der Waals surface area contributed by atoms with E-state index in [4.69, 9.17) is 11.6 Å². The first-order valence-electron chi connectivity index (χ1n) is 5.83. The molecule has 0 fully saturated rings. The monoisotopic (exact) mass is 274 g/mol. The molecule has 19 heavy (non-hydrogen) atoms. The van der Waals surface area contributed by atoms with Gasteiger partial charge in [0.25, 0.3) is 0 Å². The first kappa shape index (κ1) is 11.9. The Kier molecular flexibility index (Phi) is 3.24. The fraction of sp³-hybridized carbons (Fsp3) is 0.167. The fourth-order valence-electron chi connectivity index (χ4n) is 1.80. The van der Waals surface area contributed by atoms with Crippen LogP contribution in [0.3, 0.4) is 0 Å². The molecule has 2 N–H and O–H groups in total. The maximum Gasteiger partial charge on any atom is 0.226 e. The van der Waals surface area contributed by atoms with Crippen molar-refractivity contribution in [1.82, 2.24) is 25.1 Å². The van der Waals surface area contributed by atoms with Gasteiger partial charge in [-0.2, -0.15) is 15.1 Å². The highest BCUT2D eigenvalue weighted by Gasteiger charge is 2.07. The van der Waals surface area contributed by atoms with Crippen molar-refractivity contribution in [3.8, 4) is 0 Å². The summed E-state index contributed by atoms with van der Waals surface area (Å²) < 4.78 is 0. The van der Waals surface area contributed by atoms with Gasteiger partial charge in [0.05, 0.1) is 11.6 Å². The Bertz CT molecular complexity index is 681. The Balaban J connectivity index is 1.73. The van der Waals surface area contributed by atoms with Gasteiger partial charge in [0, 0.05) is 24.9 Å². The van der Waals surface area contributed by atoms with Gasteiger partial charge in [-0.05, 0) is 23.7 Å². The van der Waals surface area contributed by atoms with Gasteiger partial charge in [0.2, 0.25) is 5.28 Å². The van der Waals surface area contributed by atoms with Crippen molar-refractivity contribution in [3.63, 3.8) is 0 Å². The van der Waals surface area contributed by atoms with Crippen LogP contribution in [0.1, 0.15) is 5.69 Å². The number of anilines is 1. The molecule has 3 rings (SSSR count). The van der Waals surface area contributed by atoms with Crippen LogP contribution in [-0.4, -0.2) is 31.7 Å². The fourth-order valence-corrected chi connectivity index (χ4v) is 1.97. The van der Waals surface area contributed by atoms with E-state index in [0.29, 0.717) is 18.0 Å². The number of nitrogens with one attached hydrogen (secondary N) is 2. The quantitative estimate of drug-likeness (QED) is 0.712. The number of pyridine rings is 1. The number of rotatable bonds is 4. The number of hydrogen-bond donors (Lipinski definition) is 2. The Hall–Kier alpha value is -2.21. The molecule has 0 spiro atoms. The van der Waals surface area contributed by atoms with E-state index in [-0.39, 0.29) is 5.28 Å². The molecule has 0 unspecified atom stereocenters. The minimum atomic E-state index is 0.192. The van der Waals surface area contributed by atoms with Gasteiger partial charge in [0.15, 0.2) is 5.65 Å². The third kappa shape index (κ3) is 2.63. The van der Waals surface area contributed by atoms with Crippen LogP contribution < -0.4 is 5.32 Å². The summed E-state index contributed by atoms with van der Waals surface area (Å²) in [6.45, 7) is 0.713. The van der Waals surface area contributed by atoms with Crippen LogP contribution in [0.25, 0.3) is 11.0 Å². The van der Waals surface area contributed by atoms with Crippen molar-refractivity contribution in [2.75, 3.05) is 11.9 Å². The molecule has 3 aromatic rings. The van der Waals surface area contributed by atoms with E-state index in [1.807, 2.05) is 18.2 Å². The number of fused-ring (bicyclic) bond motifs is 1. The lowest BCUT2D eigenvalue weighted by Crippen LogP contribution is -2.08. The molecule has 0 saturated carbocycles. The third-order valence-corrected chi connectivity index (χ3v) is 2.85. The Labute approximate surface area is 114 Å². The summed E-state index contributed by atoms with van der Waals surface area (Å²) in [6, 6.07) is 5.86. The average molecular weight is 275 g/mol. The molecular formula is C12H11ClN6. The molecule has 0 amide bonds. The number of nitrogens with zero attached hydrogens (tertiary/aromatic N) is 4. The van der Waals surface area contributed by atoms with Crippen molar-refractivity contribution in [2.45, 2.75) is 6.42 Å². The molecule has 0 aliphatic rings. The van der Waals surface area contributed by atoms with Crippen LogP contribution in [0.2, 0.25) is 5.28 Å². The second kappa shape index (κ2) is 5.19. The van der Waals surface area contributed by atoms with E-state index < -0.39 is 0 Å². The zero-order chi connectivity index (χ0) is 13.1. The minimum Gasteiger partial charge on any atom is -0.369 e. The molecule has 0 aromatic carbocycles. The van der Waals surface area contributed by atoms with Crippen LogP contribution in [0.15, 0.2) is 30.6 Å². The average Bonchev–Trinajstić information content (AvgIpc) is 2.88. The van der Waals surface area contributed by atoms with E-state index >= 15 is 0 Å². The van der Waals surface area contributed by atoms with Gasteiger partial charge in [-0.15, -0.1) is 0 Å². The van der Waals surface area contributed by atoms with Crippen LogP contribution >= 0.6 is 11.6 Å². The molecule has 0 bridgehead atoms. The van der Waals surface area contributed by atoms with Crippen LogP contribution in [0.4, 0.5) is 5.82 Å². The zero-order valence-corrected chi connectivity index (χ0v) is 10.7. The highest BCUT2D eigenvalue weighted by Crippen LogP contribution is 2.19. The predicted molar refractivity (Wildman–Crippen MR) is 73.1 cm³/mol. The molecule has 0 atom stereocenters. The van der Waals surface area contributed by atoms with Gasteiger partial charge in [-0.3, -0.25) is 10.1 Å². The zero-order valence-electron chi connectivity index (χ0n) is 9.97.